The average molecular weight is 483 g/mol. The van der Waals surface area contributed by atoms with E-state index < -0.39 is 0 Å². The van der Waals surface area contributed by atoms with Crippen LogP contribution in [0.15, 0.2) is 58.1 Å². The average Bonchev–Trinajstić information content (AvgIpc) is 3.54. The number of rotatable bonds is 7. The highest BCUT2D eigenvalue weighted by Gasteiger charge is 2.29. The molecule has 0 saturated heterocycles. The standard InChI is InChI=1S/C27H26N6O3/c1-3-17-5-4-6-19(12-17)29-22(34)13-33-21-10-7-16(2)11-20(21)24-25(33)27(35)32(15-28-24)14-23-30-26(31-36-23)18-8-9-18/h4-7,10-12,15,18H,3,8-9,13-14H2,1-2H3,(H,29,34). The monoisotopic (exact) mass is 482 g/mol. The van der Waals surface area contributed by atoms with Crippen LogP contribution in [-0.4, -0.2) is 30.2 Å². The van der Waals surface area contributed by atoms with Gasteiger partial charge in [-0.1, -0.05) is 35.8 Å². The summed E-state index contributed by atoms with van der Waals surface area (Å²) in [5.74, 6) is 1.21. The molecule has 0 atom stereocenters. The van der Waals surface area contributed by atoms with Crippen LogP contribution in [0.3, 0.4) is 0 Å². The number of aromatic nitrogens is 5. The topological polar surface area (TPSA) is 108 Å². The van der Waals surface area contributed by atoms with E-state index in [1.54, 1.807) is 4.57 Å². The molecule has 36 heavy (non-hydrogen) atoms. The summed E-state index contributed by atoms with van der Waals surface area (Å²) in [4.78, 5) is 35.8. The predicted octanol–water partition coefficient (Wildman–Crippen LogP) is 4.17. The Morgan fingerprint density at radius 2 is 2.06 bits per heavy atom. The number of aryl methyl sites for hydroxylation is 2. The quantitative estimate of drug-likeness (QED) is 0.373. The van der Waals surface area contributed by atoms with Gasteiger partial charge in [0.25, 0.3) is 5.56 Å². The van der Waals surface area contributed by atoms with Crippen molar-refractivity contribution in [2.75, 3.05) is 5.32 Å². The Balaban J connectivity index is 1.39. The van der Waals surface area contributed by atoms with Crippen LogP contribution in [0.4, 0.5) is 5.69 Å². The molecule has 9 nitrogen and oxygen atoms in total. The van der Waals surface area contributed by atoms with Crippen molar-refractivity contribution in [3.63, 3.8) is 0 Å². The molecule has 3 heterocycles. The van der Waals surface area contributed by atoms with Gasteiger partial charge in [0.05, 0.1) is 11.8 Å². The van der Waals surface area contributed by atoms with E-state index in [2.05, 4.69) is 27.4 Å². The minimum Gasteiger partial charge on any atom is -0.337 e. The van der Waals surface area contributed by atoms with E-state index in [1.807, 2.05) is 49.4 Å². The van der Waals surface area contributed by atoms with Crippen LogP contribution in [-0.2, 0) is 24.3 Å². The van der Waals surface area contributed by atoms with Crippen molar-refractivity contribution in [2.24, 2.45) is 0 Å². The molecule has 9 heteroatoms. The number of hydrogen-bond acceptors (Lipinski definition) is 6. The summed E-state index contributed by atoms with van der Waals surface area (Å²) in [6.07, 6.45) is 4.52. The molecule has 0 aliphatic heterocycles. The largest absolute Gasteiger partial charge is 0.337 e. The number of nitrogens with zero attached hydrogens (tertiary/aromatic N) is 5. The zero-order valence-corrected chi connectivity index (χ0v) is 20.2. The molecule has 6 rings (SSSR count). The smallest absolute Gasteiger partial charge is 0.278 e. The Hall–Kier alpha value is -4.27. The van der Waals surface area contributed by atoms with Gasteiger partial charge in [0, 0.05) is 17.0 Å². The molecule has 0 bridgehead atoms. The van der Waals surface area contributed by atoms with Crippen LogP contribution in [0, 0.1) is 6.92 Å². The van der Waals surface area contributed by atoms with Gasteiger partial charge in [-0.25, -0.2) is 4.98 Å². The highest BCUT2D eigenvalue weighted by Crippen LogP contribution is 2.38. The lowest BCUT2D eigenvalue weighted by Gasteiger charge is -2.10. The number of carbonyl (C=O) groups is 1. The fraction of sp³-hybridized carbons (Fsp3) is 0.296. The van der Waals surface area contributed by atoms with Crippen molar-refractivity contribution >= 4 is 33.5 Å². The number of nitrogens with one attached hydrogen (secondary N) is 1. The van der Waals surface area contributed by atoms with Gasteiger partial charge in [0.1, 0.15) is 24.1 Å². The van der Waals surface area contributed by atoms with Crippen molar-refractivity contribution in [1.29, 1.82) is 0 Å². The van der Waals surface area contributed by atoms with Crippen LogP contribution < -0.4 is 10.9 Å². The third-order valence-corrected chi connectivity index (χ3v) is 6.63. The molecule has 5 aromatic rings. The zero-order chi connectivity index (χ0) is 24.8. The van der Waals surface area contributed by atoms with Crippen LogP contribution >= 0.6 is 0 Å². The molecule has 0 radical (unpaired) electrons. The summed E-state index contributed by atoms with van der Waals surface area (Å²) in [6, 6.07) is 13.7. The molecule has 3 aromatic heterocycles. The molecule has 1 saturated carbocycles. The summed E-state index contributed by atoms with van der Waals surface area (Å²) in [6.45, 7) is 4.16. The maximum Gasteiger partial charge on any atom is 0.278 e. The van der Waals surface area contributed by atoms with Crippen LogP contribution in [0.25, 0.3) is 21.9 Å². The molecule has 1 aliphatic carbocycles. The molecule has 1 amide bonds. The van der Waals surface area contributed by atoms with Crippen LogP contribution in [0.5, 0.6) is 0 Å². The molecule has 1 aliphatic rings. The first-order valence-corrected chi connectivity index (χ1v) is 12.2. The number of hydrogen-bond donors (Lipinski definition) is 1. The van der Waals surface area contributed by atoms with E-state index in [9.17, 15) is 9.59 Å². The van der Waals surface area contributed by atoms with E-state index in [-0.39, 0.29) is 24.6 Å². The van der Waals surface area contributed by atoms with E-state index in [0.717, 1.165) is 47.0 Å². The summed E-state index contributed by atoms with van der Waals surface area (Å²) < 4.78 is 8.58. The van der Waals surface area contributed by atoms with Crippen molar-refractivity contribution < 1.29 is 9.32 Å². The van der Waals surface area contributed by atoms with E-state index >= 15 is 0 Å². The molecular weight excluding hydrogens is 456 g/mol. The lowest BCUT2D eigenvalue weighted by atomic mass is 10.1. The van der Waals surface area contributed by atoms with Crippen LogP contribution in [0.1, 0.15) is 48.5 Å². The number of amides is 1. The first kappa shape index (κ1) is 22.2. The number of fused-ring (bicyclic) bond motifs is 3. The molecule has 0 unspecified atom stereocenters. The Morgan fingerprint density at radius 1 is 1.19 bits per heavy atom. The third kappa shape index (κ3) is 4.06. The maximum atomic E-state index is 13.7. The summed E-state index contributed by atoms with van der Waals surface area (Å²) in [7, 11) is 0. The van der Waals surface area contributed by atoms with Crippen molar-refractivity contribution in [3.05, 3.63) is 82.0 Å². The lowest BCUT2D eigenvalue weighted by molar-refractivity contribution is -0.116. The number of benzene rings is 2. The highest BCUT2D eigenvalue weighted by atomic mass is 16.5. The van der Waals surface area contributed by atoms with Crippen molar-refractivity contribution in [3.8, 4) is 0 Å². The van der Waals surface area contributed by atoms with Crippen LogP contribution in [0.2, 0.25) is 0 Å². The van der Waals surface area contributed by atoms with Gasteiger partial charge in [0.15, 0.2) is 5.82 Å². The van der Waals surface area contributed by atoms with Gasteiger partial charge >= 0.3 is 0 Å². The summed E-state index contributed by atoms with van der Waals surface area (Å²) in [5.41, 5.74) is 4.38. The second-order valence-corrected chi connectivity index (χ2v) is 9.40. The van der Waals surface area contributed by atoms with E-state index in [4.69, 9.17) is 4.52 Å². The number of carbonyl (C=O) groups excluding carboxylic acids is 1. The molecule has 1 fully saturated rings. The normalized spacial score (nSPS) is 13.5. The van der Waals surface area contributed by atoms with E-state index in [0.29, 0.717) is 28.7 Å². The zero-order valence-electron chi connectivity index (χ0n) is 20.2. The third-order valence-electron chi connectivity index (χ3n) is 6.63. The molecule has 0 spiro atoms. The second-order valence-electron chi connectivity index (χ2n) is 9.40. The maximum absolute atomic E-state index is 13.7. The first-order chi connectivity index (χ1) is 17.5. The van der Waals surface area contributed by atoms with Gasteiger partial charge in [0.2, 0.25) is 11.8 Å². The Kier molecular flexibility index (Phi) is 5.40. The Morgan fingerprint density at radius 3 is 2.86 bits per heavy atom. The number of anilines is 1. The lowest BCUT2D eigenvalue weighted by Crippen LogP contribution is -2.25. The van der Waals surface area contributed by atoms with Gasteiger partial charge in [-0.2, -0.15) is 4.98 Å². The summed E-state index contributed by atoms with van der Waals surface area (Å²) in [5, 5.41) is 7.84. The molecule has 2 aromatic carbocycles. The van der Waals surface area contributed by atoms with Gasteiger partial charge in [-0.05, 0) is 56.0 Å². The Labute approximate surface area is 206 Å². The van der Waals surface area contributed by atoms with Crippen molar-refractivity contribution in [1.82, 2.24) is 24.3 Å². The fourth-order valence-corrected chi connectivity index (χ4v) is 4.59. The van der Waals surface area contributed by atoms with Gasteiger partial charge in [-0.3, -0.25) is 14.2 Å². The first-order valence-electron chi connectivity index (χ1n) is 12.2. The highest BCUT2D eigenvalue weighted by molar-refractivity contribution is 6.06. The van der Waals surface area contributed by atoms with Crippen molar-refractivity contribution in [2.45, 2.75) is 52.1 Å². The minimum absolute atomic E-state index is 0.0211. The predicted molar refractivity (Wildman–Crippen MR) is 136 cm³/mol. The SMILES string of the molecule is CCc1cccc(NC(=O)Cn2c3ccc(C)cc3c3ncn(Cc4nc(C5CC5)no4)c(=O)c32)c1. The summed E-state index contributed by atoms with van der Waals surface area (Å²) >= 11 is 0. The molecule has 182 valence electrons. The minimum atomic E-state index is -0.263. The fourth-order valence-electron chi connectivity index (χ4n) is 4.59. The van der Waals surface area contributed by atoms with E-state index in [1.165, 1.54) is 10.9 Å². The molecule has 1 N–H and O–H groups in total. The molecular formula is C27H26N6O3. The van der Waals surface area contributed by atoms with Gasteiger partial charge < -0.3 is 14.4 Å². The Bertz CT molecular complexity index is 1670. The second kappa shape index (κ2) is 8.75. The van der Waals surface area contributed by atoms with Gasteiger partial charge in [-0.15, -0.1) is 0 Å².